The molecule has 0 aliphatic rings. The van der Waals surface area contributed by atoms with Gasteiger partial charge in [-0.3, -0.25) is 0 Å². The van der Waals surface area contributed by atoms with Crippen LogP contribution in [0.2, 0.25) is 0 Å². The molecule has 0 amide bonds. The molecule has 0 atom stereocenters. The molecule has 0 unspecified atom stereocenters. The molecule has 1 aromatic heterocycles. The molecule has 47 valence electrons. The number of aromatic nitrogens is 2. The number of hydrogen-bond acceptors (Lipinski definition) is 3. The Morgan fingerprint density at radius 3 is 2.70 bits per heavy atom. The van der Waals surface area contributed by atoms with Crippen LogP contribution in [0.5, 0.6) is 0 Å². The largest absolute Gasteiger partial charge is 0.242 e. The summed E-state index contributed by atoms with van der Waals surface area (Å²) in [5, 5.41) is 1.54. The van der Waals surface area contributed by atoms with Crippen molar-refractivity contribution in [1.82, 2.24) is 9.97 Å². The van der Waals surface area contributed by atoms with Gasteiger partial charge in [-0.1, -0.05) is 12.2 Å². The summed E-state index contributed by atoms with van der Waals surface area (Å²) in [5.74, 6) is 0.758. The fourth-order valence-electron chi connectivity index (χ4n) is 0.540. The van der Waals surface area contributed by atoms with Gasteiger partial charge in [0.25, 0.3) is 0 Å². The number of nitrogens with zero attached hydrogens (tertiary/aromatic N) is 2. The van der Waals surface area contributed by atoms with E-state index in [-0.39, 0.29) is 29.6 Å². The molecule has 4 heteroatoms. The van der Waals surface area contributed by atoms with Gasteiger partial charge in [0.1, 0.15) is 5.82 Å². The molecule has 0 saturated carbocycles. The summed E-state index contributed by atoms with van der Waals surface area (Å²) in [5.41, 5.74) is 0.803. The minimum absolute atomic E-state index is 0. The Hall–Kier alpha value is 0.170. The molecule has 0 fully saturated rings. The van der Waals surface area contributed by atoms with Crippen molar-refractivity contribution in [3.05, 3.63) is 23.8 Å². The van der Waals surface area contributed by atoms with Gasteiger partial charge in [0.2, 0.25) is 0 Å². The van der Waals surface area contributed by atoms with Crippen molar-refractivity contribution in [1.29, 1.82) is 0 Å². The number of hydrogen-bond donors (Lipinski definition) is 0. The van der Waals surface area contributed by atoms with Gasteiger partial charge in [-0.05, 0) is 13.0 Å². The van der Waals surface area contributed by atoms with E-state index in [0.29, 0.717) is 0 Å². The van der Waals surface area contributed by atoms with Crippen LogP contribution in [-0.2, 0) is 0 Å². The Bertz CT molecular complexity index is 227. The van der Waals surface area contributed by atoms with Crippen molar-refractivity contribution >= 4 is 47.1 Å². The standard InChI is InChI=1S/C6H6N2S.Na/c1-5-7-3-2-6(4-9)8-5;/h2-4H,1H3;. The predicted molar refractivity (Wildman–Crippen MR) is 45.3 cm³/mol. The van der Waals surface area contributed by atoms with E-state index in [2.05, 4.69) is 22.2 Å². The van der Waals surface area contributed by atoms with Gasteiger partial charge in [0.05, 0.1) is 5.69 Å². The molecule has 1 heterocycles. The van der Waals surface area contributed by atoms with Crippen LogP contribution >= 0.6 is 12.2 Å². The van der Waals surface area contributed by atoms with Crippen molar-refractivity contribution < 1.29 is 0 Å². The molecule has 0 spiro atoms. The average Bonchev–Trinajstić information content (AvgIpc) is 1.88. The maximum Gasteiger partial charge on any atom is 0.125 e. The summed E-state index contributed by atoms with van der Waals surface area (Å²) in [7, 11) is 0. The first-order valence-electron chi connectivity index (χ1n) is 2.58. The third-order valence-electron chi connectivity index (χ3n) is 0.918. The van der Waals surface area contributed by atoms with Crippen molar-refractivity contribution in [2.24, 2.45) is 0 Å². The Morgan fingerprint density at radius 1 is 1.60 bits per heavy atom. The second kappa shape index (κ2) is 4.91. The Labute approximate surface area is 87.4 Å². The fourth-order valence-corrected chi connectivity index (χ4v) is 0.671. The van der Waals surface area contributed by atoms with E-state index in [1.54, 1.807) is 12.3 Å². The van der Waals surface area contributed by atoms with Gasteiger partial charge >= 0.3 is 0 Å². The van der Waals surface area contributed by atoms with Crippen LogP contribution in [0.1, 0.15) is 11.5 Å². The quantitative estimate of drug-likeness (QED) is 0.449. The first kappa shape index (κ1) is 10.2. The number of thiocarbonyl (C=S) groups is 1. The predicted octanol–water partition coefficient (Wildman–Crippen LogP) is 0.752. The Kier molecular flexibility index (Phi) is 4.99. The summed E-state index contributed by atoms with van der Waals surface area (Å²) < 4.78 is 0. The van der Waals surface area contributed by atoms with Crippen LogP contribution in [0.3, 0.4) is 0 Å². The SMILES string of the molecule is Cc1nccc(C=S)n1.[Na]. The third-order valence-corrected chi connectivity index (χ3v) is 1.16. The maximum atomic E-state index is 4.66. The molecule has 0 N–H and O–H groups in total. The average molecular weight is 161 g/mol. The summed E-state index contributed by atoms with van der Waals surface area (Å²) in [6.45, 7) is 1.84. The molecule has 0 aliphatic heterocycles. The summed E-state index contributed by atoms with van der Waals surface area (Å²) in [6, 6.07) is 1.78. The first-order valence-corrected chi connectivity index (χ1v) is 3.05. The van der Waals surface area contributed by atoms with E-state index >= 15 is 0 Å². The van der Waals surface area contributed by atoms with E-state index in [9.17, 15) is 0 Å². The Balaban J connectivity index is 0.000000810. The van der Waals surface area contributed by atoms with Crippen molar-refractivity contribution in [2.75, 3.05) is 0 Å². The molecular formula is C6H6N2NaS. The van der Waals surface area contributed by atoms with Gasteiger partial charge in [-0.15, -0.1) is 0 Å². The molecule has 0 aromatic carbocycles. The summed E-state index contributed by atoms with van der Waals surface area (Å²) in [6.07, 6.45) is 1.69. The zero-order valence-electron chi connectivity index (χ0n) is 6.03. The van der Waals surface area contributed by atoms with Gasteiger partial charge in [-0.25, -0.2) is 9.97 Å². The van der Waals surface area contributed by atoms with Crippen molar-refractivity contribution in [3.8, 4) is 0 Å². The topological polar surface area (TPSA) is 25.8 Å². The van der Waals surface area contributed by atoms with E-state index in [4.69, 9.17) is 0 Å². The van der Waals surface area contributed by atoms with E-state index in [1.807, 2.05) is 6.92 Å². The number of aryl methyl sites for hydroxylation is 1. The maximum absolute atomic E-state index is 4.66. The summed E-state index contributed by atoms with van der Waals surface area (Å²) >= 11 is 4.66. The normalized spacial score (nSPS) is 8.10. The Morgan fingerprint density at radius 2 is 2.30 bits per heavy atom. The molecule has 1 rings (SSSR count). The molecule has 1 radical (unpaired) electrons. The molecule has 0 aliphatic carbocycles. The van der Waals surface area contributed by atoms with E-state index < -0.39 is 0 Å². The minimum Gasteiger partial charge on any atom is -0.242 e. The van der Waals surface area contributed by atoms with E-state index in [1.165, 1.54) is 5.37 Å². The first-order chi connectivity index (χ1) is 4.33. The van der Waals surface area contributed by atoms with Gasteiger partial charge in [-0.2, -0.15) is 0 Å². The van der Waals surface area contributed by atoms with Gasteiger partial charge in [0.15, 0.2) is 0 Å². The minimum atomic E-state index is 0. The van der Waals surface area contributed by atoms with Crippen LogP contribution in [-0.4, -0.2) is 44.9 Å². The molecular weight excluding hydrogens is 155 g/mol. The molecule has 0 saturated heterocycles. The van der Waals surface area contributed by atoms with Crippen LogP contribution < -0.4 is 0 Å². The fraction of sp³-hybridized carbons (Fsp3) is 0.167. The molecule has 0 bridgehead atoms. The smallest absolute Gasteiger partial charge is 0.125 e. The molecule has 10 heavy (non-hydrogen) atoms. The zero-order chi connectivity index (χ0) is 6.69. The second-order valence-electron chi connectivity index (χ2n) is 1.65. The van der Waals surface area contributed by atoms with Crippen molar-refractivity contribution in [3.63, 3.8) is 0 Å². The van der Waals surface area contributed by atoms with Gasteiger partial charge in [0, 0.05) is 41.1 Å². The van der Waals surface area contributed by atoms with E-state index in [0.717, 1.165) is 11.5 Å². The van der Waals surface area contributed by atoms with Crippen LogP contribution in [0.15, 0.2) is 12.3 Å². The summed E-state index contributed by atoms with van der Waals surface area (Å²) in [4.78, 5) is 7.93. The molecule has 1 aromatic rings. The van der Waals surface area contributed by atoms with Gasteiger partial charge < -0.3 is 0 Å². The monoisotopic (exact) mass is 161 g/mol. The molecule has 2 nitrogen and oxygen atoms in total. The van der Waals surface area contributed by atoms with Crippen LogP contribution in [0.4, 0.5) is 0 Å². The second-order valence-corrected chi connectivity index (χ2v) is 1.88. The van der Waals surface area contributed by atoms with Crippen molar-refractivity contribution in [2.45, 2.75) is 6.92 Å². The van der Waals surface area contributed by atoms with Crippen LogP contribution in [0.25, 0.3) is 0 Å². The third kappa shape index (κ3) is 2.84. The van der Waals surface area contributed by atoms with Crippen LogP contribution in [0, 0.1) is 6.92 Å². The zero-order valence-corrected chi connectivity index (χ0v) is 8.85. The number of rotatable bonds is 1.